The summed E-state index contributed by atoms with van der Waals surface area (Å²) in [6, 6.07) is 15.9. The summed E-state index contributed by atoms with van der Waals surface area (Å²) in [5.41, 5.74) is 9.16. The average Bonchev–Trinajstić information content (AvgIpc) is 3.21. The number of halogens is 1. The molecule has 0 aliphatic rings. The highest BCUT2D eigenvalue weighted by molar-refractivity contribution is 14.0. The Bertz CT molecular complexity index is 931. The predicted octanol–water partition coefficient (Wildman–Crippen LogP) is 4.09. The summed E-state index contributed by atoms with van der Waals surface area (Å²) >= 11 is 1.65. The Morgan fingerprint density at radius 2 is 1.86 bits per heavy atom. The molecule has 0 saturated carbocycles. The molecule has 0 spiro atoms. The molecule has 0 saturated heterocycles. The smallest absolute Gasteiger partial charge is 0.188 e. The molecule has 0 aliphatic heterocycles. The number of benzene rings is 2. The van der Waals surface area contributed by atoms with Gasteiger partial charge in [0, 0.05) is 23.9 Å². The molecule has 29 heavy (non-hydrogen) atoms. The predicted molar refractivity (Wildman–Crippen MR) is 130 cm³/mol. The van der Waals surface area contributed by atoms with E-state index in [1.807, 2.05) is 36.4 Å². The second-order valence-electron chi connectivity index (χ2n) is 6.08. The molecule has 0 fully saturated rings. The van der Waals surface area contributed by atoms with Crippen LogP contribution in [0.3, 0.4) is 0 Å². The minimum Gasteiger partial charge on any atom is -0.493 e. The van der Waals surface area contributed by atoms with E-state index in [1.54, 1.807) is 25.6 Å². The van der Waals surface area contributed by atoms with Crippen LogP contribution in [-0.4, -0.2) is 31.7 Å². The van der Waals surface area contributed by atoms with E-state index in [0.29, 0.717) is 30.5 Å². The third kappa shape index (κ3) is 6.60. The lowest BCUT2D eigenvalue weighted by atomic mass is 10.2. The fourth-order valence-electron chi connectivity index (χ4n) is 2.67. The van der Waals surface area contributed by atoms with Gasteiger partial charge in [-0.3, -0.25) is 0 Å². The van der Waals surface area contributed by atoms with Gasteiger partial charge in [-0.1, -0.05) is 36.4 Å². The first-order chi connectivity index (χ1) is 13.7. The number of hydrogen-bond donors (Lipinski definition) is 2. The van der Waals surface area contributed by atoms with E-state index in [9.17, 15) is 0 Å². The standard InChI is InChI=1S/C21H24N4O2S.HI/c1-26-18-9-8-15(12-19(18)27-2)13-24-21(22)23-11-10-17-14-28-20(25-17)16-6-4-3-5-7-16;/h3-9,12,14H,10-11,13H2,1-2H3,(H3,22,23,24);1H. The van der Waals surface area contributed by atoms with Crippen molar-refractivity contribution in [1.29, 1.82) is 0 Å². The summed E-state index contributed by atoms with van der Waals surface area (Å²) in [4.78, 5) is 9.06. The number of guanidine groups is 1. The number of ether oxygens (including phenoxy) is 2. The zero-order chi connectivity index (χ0) is 19.8. The number of aliphatic imine (C=N–C) groups is 1. The highest BCUT2D eigenvalue weighted by Gasteiger charge is 2.05. The number of thiazole rings is 1. The number of aromatic nitrogens is 1. The Labute approximate surface area is 192 Å². The SMILES string of the molecule is COc1ccc(CN=C(N)NCCc2csc(-c3ccccc3)n2)cc1OC.I. The molecule has 8 heteroatoms. The third-order valence-electron chi connectivity index (χ3n) is 4.14. The van der Waals surface area contributed by atoms with Crippen molar-refractivity contribution in [1.82, 2.24) is 10.3 Å². The van der Waals surface area contributed by atoms with E-state index in [1.165, 1.54) is 0 Å². The van der Waals surface area contributed by atoms with Gasteiger partial charge in [-0.25, -0.2) is 9.98 Å². The van der Waals surface area contributed by atoms with E-state index >= 15 is 0 Å². The van der Waals surface area contributed by atoms with Crippen LogP contribution in [0.2, 0.25) is 0 Å². The largest absolute Gasteiger partial charge is 0.493 e. The van der Waals surface area contributed by atoms with Crippen molar-refractivity contribution < 1.29 is 9.47 Å². The molecule has 0 amide bonds. The maximum absolute atomic E-state index is 5.97. The van der Waals surface area contributed by atoms with Gasteiger partial charge in [0.25, 0.3) is 0 Å². The van der Waals surface area contributed by atoms with Crippen molar-refractivity contribution in [2.75, 3.05) is 20.8 Å². The zero-order valence-electron chi connectivity index (χ0n) is 16.4. The quantitative estimate of drug-likeness (QED) is 0.264. The molecule has 2 aromatic carbocycles. The van der Waals surface area contributed by atoms with Crippen LogP contribution in [0.5, 0.6) is 11.5 Å². The van der Waals surface area contributed by atoms with Crippen molar-refractivity contribution in [3.8, 4) is 22.1 Å². The molecule has 0 aliphatic carbocycles. The number of nitrogens with zero attached hydrogens (tertiary/aromatic N) is 2. The second-order valence-corrected chi connectivity index (χ2v) is 6.94. The first kappa shape index (κ1) is 23.0. The zero-order valence-corrected chi connectivity index (χ0v) is 19.6. The van der Waals surface area contributed by atoms with E-state index in [-0.39, 0.29) is 24.0 Å². The van der Waals surface area contributed by atoms with Crippen LogP contribution in [-0.2, 0) is 13.0 Å². The van der Waals surface area contributed by atoms with Crippen molar-refractivity contribution in [2.45, 2.75) is 13.0 Å². The summed E-state index contributed by atoms with van der Waals surface area (Å²) < 4.78 is 10.5. The number of methoxy groups -OCH3 is 2. The van der Waals surface area contributed by atoms with E-state index in [4.69, 9.17) is 15.2 Å². The van der Waals surface area contributed by atoms with E-state index < -0.39 is 0 Å². The van der Waals surface area contributed by atoms with Gasteiger partial charge in [0.15, 0.2) is 17.5 Å². The maximum Gasteiger partial charge on any atom is 0.188 e. The monoisotopic (exact) mass is 524 g/mol. The fourth-order valence-corrected chi connectivity index (χ4v) is 3.53. The number of nitrogens with two attached hydrogens (primary N) is 1. The Morgan fingerprint density at radius 1 is 1.10 bits per heavy atom. The van der Waals surface area contributed by atoms with Gasteiger partial charge in [0.2, 0.25) is 0 Å². The van der Waals surface area contributed by atoms with Gasteiger partial charge in [0.1, 0.15) is 5.01 Å². The van der Waals surface area contributed by atoms with Crippen LogP contribution in [0.4, 0.5) is 0 Å². The summed E-state index contributed by atoms with van der Waals surface area (Å²) in [6.45, 7) is 1.15. The topological polar surface area (TPSA) is 81.8 Å². The summed E-state index contributed by atoms with van der Waals surface area (Å²) in [5.74, 6) is 1.78. The lowest BCUT2D eigenvalue weighted by molar-refractivity contribution is 0.354. The van der Waals surface area contributed by atoms with Gasteiger partial charge in [-0.15, -0.1) is 35.3 Å². The molecule has 0 unspecified atom stereocenters. The van der Waals surface area contributed by atoms with E-state index in [0.717, 1.165) is 28.2 Å². The molecule has 6 nitrogen and oxygen atoms in total. The first-order valence-corrected chi connectivity index (χ1v) is 9.82. The molecule has 3 aromatic rings. The Hall–Kier alpha value is -2.33. The van der Waals surface area contributed by atoms with Crippen LogP contribution in [0.15, 0.2) is 58.9 Å². The molecule has 3 N–H and O–H groups in total. The van der Waals surface area contributed by atoms with Crippen molar-refractivity contribution >= 4 is 41.3 Å². The molecule has 0 bridgehead atoms. The Morgan fingerprint density at radius 3 is 2.59 bits per heavy atom. The molecule has 154 valence electrons. The molecule has 3 rings (SSSR count). The van der Waals surface area contributed by atoms with Gasteiger partial charge < -0.3 is 20.5 Å². The van der Waals surface area contributed by atoms with Crippen LogP contribution >= 0.6 is 35.3 Å². The maximum atomic E-state index is 5.97. The molecule has 0 atom stereocenters. The highest BCUT2D eigenvalue weighted by Crippen LogP contribution is 2.27. The highest BCUT2D eigenvalue weighted by atomic mass is 127. The third-order valence-corrected chi connectivity index (χ3v) is 5.08. The van der Waals surface area contributed by atoms with Gasteiger partial charge in [-0.05, 0) is 17.7 Å². The molecular formula is C21H25IN4O2S. The molecule has 1 aromatic heterocycles. The first-order valence-electron chi connectivity index (χ1n) is 8.94. The fraction of sp³-hybridized carbons (Fsp3) is 0.238. The van der Waals surface area contributed by atoms with Crippen molar-refractivity contribution in [3.63, 3.8) is 0 Å². The van der Waals surface area contributed by atoms with Crippen molar-refractivity contribution in [3.05, 3.63) is 65.2 Å². The normalized spacial score (nSPS) is 10.9. The van der Waals surface area contributed by atoms with Crippen LogP contribution in [0, 0.1) is 0 Å². The second kappa shape index (κ2) is 11.6. The van der Waals surface area contributed by atoms with E-state index in [2.05, 4.69) is 32.8 Å². The summed E-state index contributed by atoms with van der Waals surface area (Å²) in [5, 5.41) is 6.26. The molecule has 1 heterocycles. The van der Waals surface area contributed by atoms with Crippen LogP contribution in [0.25, 0.3) is 10.6 Å². The van der Waals surface area contributed by atoms with Crippen molar-refractivity contribution in [2.24, 2.45) is 10.7 Å². The summed E-state index contributed by atoms with van der Waals surface area (Å²) in [7, 11) is 3.23. The van der Waals surface area contributed by atoms with Gasteiger partial charge in [-0.2, -0.15) is 0 Å². The molecular weight excluding hydrogens is 499 g/mol. The number of nitrogens with one attached hydrogen (secondary N) is 1. The molecule has 0 radical (unpaired) electrons. The van der Waals surface area contributed by atoms with Crippen LogP contribution < -0.4 is 20.5 Å². The Kier molecular flexibility index (Phi) is 9.20. The number of rotatable bonds is 8. The Balaban J connectivity index is 0.00000300. The van der Waals surface area contributed by atoms with Gasteiger partial charge >= 0.3 is 0 Å². The van der Waals surface area contributed by atoms with Crippen LogP contribution in [0.1, 0.15) is 11.3 Å². The minimum absolute atomic E-state index is 0. The lowest BCUT2D eigenvalue weighted by Crippen LogP contribution is -2.33. The number of hydrogen-bond acceptors (Lipinski definition) is 5. The average molecular weight is 524 g/mol. The summed E-state index contributed by atoms with van der Waals surface area (Å²) in [6.07, 6.45) is 0.788. The lowest BCUT2D eigenvalue weighted by Gasteiger charge is -2.09. The minimum atomic E-state index is 0. The van der Waals surface area contributed by atoms with Gasteiger partial charge in [0.05, 0.1) is 26.5 Å².